The number of hydrogen-bond donors (Lipinski definition) is 2. The number of sulfone groups is 1. The molecule has 4 aromatic rings. The predicted molar refractivity (Wildman–Crippen MR) is 136 cm³/mol. The number of rotatable bonds is 9. The van der Waals surface area contributed by atoms with Gasteiger partial charge in [-0.05, 0) is 64.1 Å². The first kappa shape index (κ1) is 26.5. The maximum Gasteiger partial charge on any atom is 0.268 e. The Morgan fingerprint density at radius 3 is 2.38 bits per heavy atom. The van der Waals surface area contributed by atoms with Crippen LogP contribution in [0, 0.1) is 5.82 Å². The van der Waals surface area contributed by atoms with Gasteiger partial charge >= 0.3 is 0 Å². The lowest BCUT2D eigenvalue weighted by Crippen LogP contribution is -2.29. The normalized spacial score (nSPS) is 13.0. The quantitative estimate of drug-likeness (QED) is 0.332. The zero-order chi connectivity index (χ0) is 26.8. The summed E-state index contributed by atoms with van der Waals surface area (Å²) in [5.74, 6) is -0.386. The van der Waals surface area contributed by atoms with E-state index in [9.17, 15) is 17.9 Å². The van der Waals surface area contributed by atoms with Crippen LogP contribution in [-0.2, 0) is 16.4 Å². The fraction of sp³-hybridized carbons (Fsp3) is 0.308. The van der Waals surface area contributed by atoms with Crippen LogP contribution in [0.5, 0.6) is 0 Å². The van der Waals surface area contributed by atoms with Crippen molar-refractivity contribution in [1.82, 2.24) is 25.5 Å². The van der Waals surface area contributed by atoms with Crippen molar-refractivity contribution in [2.24, 2.45) is 0 Å². The van der Waals surface area contributed by atoms with Gasteiger partial charge in [0.2, 0.25) is 0 Å². The molecule has 1 atom stereocenters. The van der Waals surface area contributed by atoms with Crippen LogP contribution in [0.1, 0.15) is 32.8 Å². The fourth-order valence-corrected chi connectivity index (χ4v) is 5.56. The van der Waals surface area contributed by atoms with E-state index in [0.29, 0.717) is 23.5 Å². The van der Waals surface area contributed by atoms with Crippen molar-refractivity contribution in [2.75, 3.05) is 7.05 Å². The number of hydrogen-bond acceptors (Lipinski definition) is 9. The summed E-state index contributed by atoms with van der Waals surface area (Å²) in [6.07, 6.45) is 3.09. The highest BCUT2D eigenvalue weighted by Gasteiger charge is 2.28. The lowest BCUT2D eigenvalue weighted by molar-refractivity contribution is 0.0710. The third-order valence-electron chi connectivity index (χ3n) is 5.72. The van der Waals surface area contributed by atoms with Gasteiger partial charge in [-0.3, -0.25) is 4.98 Å². The monoisotopic (exact) mass is 525 g/mol. The molecule has 2 aromatic heterocycles. The van der Waals surface area contributed by atoms with E-state index in [4.69, 9.17) is 4.42 Å². The molecule has 0 fully saturated rings. The molecule has 0 radical (unpaired) electrons. The van der Waals surface area contributed by atoms with Crippen molar-refractivity contribution >= 4 is 9.84 Å². The lowest BCUT2D eigenvalue weighted by atomic mass is 10.0. The molecule has 9 nitrogen and oxygen atoms in total. The minimum Gasteiger partial charge on any atom is -0.414 e. The minimum absolute atomic E-state index is 0.0189. The second kappa shape index (κ2) is 10.4. The second-order valence-corrected chi connectivity index (χ2v) is 11.8. The van der Waals surface area contributed by atoms with Gasteiger partial charge in [0.05, 0.1) is 39.4 Å². The number of nitrogens with one attached hydrogen (secondary N) is 1. The molecular formula is C26H28FN5O4S. The Labute approximate surface area is 214 Å². The van der Waals surface area contributed by atoms with E-state index in [1.165, 1.54) is 30.6 Å². The molecule has 0 aliphatic heterocycles. The molecule has 0 bridgehead atoms. The Kier molecular flexibility index (Phi) is 7.49. The maximum absolute atomic E-state index is 14.6. The molecule has 0 saturated carbocycles. The van der Waals surface area contributed by atoms with Crippen molar-refractivity contribution < 1.29 is 22.3 Å². The van der Waals surface area contributed by atoms with Gasteiger partial charge in [0.1, 0.15) is 11.5 Å². The lowest BCUT2D eigenvalue weighted by Gasteiger charge is -2.22. The van der Waals surface area contributed by atoms with Gasteiger partial charge in [0.15, 0.2) is 9.84 Å². The van der Waals surface area contributed by atoms with Crippen LogP contribution in [0.15, 0.2) is 64.2 Å². The van der Waals surface area contributed by atoms with Crippen LogP contribution in [0.25, 0.3) is 34.3 Å². The van der Waals surface area contributed by atoms with Crippen LogP contribution < -0.4 is 5.32 Å². The average molecular weight is 526 g/mol. The number of halogens is 1. The van der Waals surface area contributed by atoms with Gasteiger partial charge in [-0.15, -0.1) is 10.2 Å². The largest absolute Gasteiger partial charge is 0.414 e. The van der Waals surface area contributed by atoms with Gasteiger partial charge in [-0.2, -0.15) is 0 Å². The van der Waals surface area contributed by atoms with E-state index in [2.05, 4.69) is 25.5 Å². The van der Waals surface area contributed by atoms with Gasteiger partial charge in [-0.25, -0.2) is 17.8 Å². The van der Waals surface area contributed by atoms with Crippen molar-refractivity contribution in [3.63, 3.8) is 0 Å². The van der Waals surface area contributed by atoms with Crippen molar-refractivity contribution in [1.29, 1.82) is 0 Å². The molecule has 0 aliphatic carbocycles. The van der Waals surface area contributed by atoms with Crippen molar-refractivity contribution in [3.05, 3.63) is 66.2 Å². The highest BCUT2D eigenvalue weighted by atomic mass is 32.2. The van der Waals surface area contributed by atoms with E-state index in [-0.39, 0.29) is 28.7 Å². The molecule has 4 rings (SSSR count). The zero-order valence-corrected chi connectivity index (χ0v) is 21.8. The zero-order valence-electron chi connectivity index (χ0n) is 20.9. The standard InChI is InChI=1S/C26H28FN5O4S/c1-16(12-26(2,3)33)37(34,35)19-8-6-18(7-9-19)22-14-29-15-23(30-22)25-32-31-24(36-25)20-10-5-17(13-28-4)11-21(20)27/h5-11,14-16,28,33H,12-13H2,1-4H3. The summed E-state index contributed by atoms with van der Waals surface area (Å²) < 4.78 is 46.0. The van der Waals surface area contributed by atoms with Crippen LogP contribution >= 0.6 is 0 Å². The second-order valence-electron chi connectivity index (χ2n) is 9.44. The Morgan fingerprint density at radius 2 is 1.73 bits per heavy atom. The molecule has 2 N–H and O–H groups in total. The van der Waals surface area contributed by atoms with E-state index in [1.807, 2.05) is 0 Å². The van der Waals surface area contributed by atoms with Crippen LogP contribution in [0.2, 0.25) is 0 Å². The number of benzene rings is 2. The van der Waals surface area contributed by atoms with Crippen LogP contribution in [0.4, 0.5) is 4.39 Å². The molecule has 0 amide bonds. The summed E-state index contributed by atoms with van der Waals surface area (Å²) in [4.78, 5) is 8.86. The van der Waals surface area contributed by atoms with E-state index in [1.54, 1.807) is 52.1 Å². The third-order valence-corrected chi connectivity index (χ3v) is 7.87. The first-order chi connectivity index (χ1) is 17.5. The van der Waals surface area contributed by atoms with E-state index < -0.39 is 26.5 Å². The fourth-order valence-electron chi connectivity index (χ4n) is 3.95. The van der Waals surface area contributed by atoms with Crippen molar-refractivity contribution in [3.8, 4) is 34.3 Å². The van der Waals surface area contributed by atoms with Crippen molar-refractivity contribution in [2.45, 2.75) is 49.5 Å². The first-order valence-corrected chi connectivity index (χ1v) is 13.2. The van der Waals surface area contributed by atoms with Gasteiger partial charge in [-0.1, -0.05) is 18.2 Å². The average Bonchev–Trinajstić information content (AvgIpc) is 3.33. The molecule has 1 unspecified atom stereocenters. The highest BCUT2D eigenvalue weighted by molar-refractivity contribution is 7.92. The Morgan fingerprint density at radius 1 is 1.05 bits per heavy atom. The summed E-state index contributed by atoms with van der Waals surface area (Å²) in [5, 5.41) is 20.2. The summed E-state index contributed by atoms with van der Waals surface area (Å²) in [7, 11) is -1.84. The SMILES string of the molecule is CNCc1ccc(-c2nnc(-c3cncc(-c4ccc(S(=O)(=O)C(C)CC(C)(C)O)cc4)n3)o2)c(F)c1. The minimum atomic E-state index is -3.62. The maximum atomic E-state index is 14.6. The van der Waals surface area contributed by atoms with Gasteiger partial charge < -0.3 is 14.8 Å². The Balaban J connectivity index is 1.57. The molecule has 0 spiro atoms. The van der Waals surface area contributed by atoms with Crippen LogP contribution in [-0.4, -0.2) is 51.6 Å². The summed E-state index contributed by atoms with van der Waals surface area (Å²) in [5.41, 5.74) is 1.26. The summed E-state index contributed by atoms with van der Waals surface area (Å²) in [6, 6.07) is 11.0. The Bertz CT molecular complexity index is 1500. The Hall–Kier alpha value is -3.54. The van der Waals surface area contributed by atoms with Gasteiger partial charge in [0, 0.05) is 12.1 Å². The molecule has 11 heteroatoms. The first-order valence-electron chi connectivity index (χ1n) is 11.6. The molecule has 0 aliphatic rings. The molecule has 2 aromatic carbocycles. The molecule has 0 saturated heterocycles. The third kappa shape index (κ3) is 6.07. The smallest absolute Gasteiger partial charge is 0.268 e. The highest BCUT2D eigenvalue weighted by Crippen LogP contribution is 2.28. The molecule has 37 heavy (non-hydrogen) atoms. The van der Waals surface area contributed by atoms with Crippen LogP contribution in [0.3, 0.4) is 0 Å². The summed E-state index contributed by atoms with van der Waals surface area (Å²) >= 11 is 0. The topological polar surface area (TPSA) is 131 Å². The summed E-state index contributed by atoms with van der Waals surface area (Å²) in [6.45, 7) is 5.27. The predicted octanol–water partition coefficient (Wildman–Crippen LogP) is 4.04. The number of nitrogens with zero attached hydrogens (tertiary/aromatic N) is 4. The number of aromatic nitrogens is 4. The molecular weight excluding hydrogens is 497 g/mol. The van der Waals surface area contributed by atoms with Gasteiger partial charge in [0.25, 0.3) is 11.8 Å². The molecule has 194 valence electrons. The van der Waals surface area contributed by atoms with E-state index in [0.717, 1.165) is 5.56 Å². The number of aliphatic hydroxyl groups is 1. The van der Waals surface area contributed by atoms with E-state index >= 15 is 0 Å². The molecule has 2 heterocycles.